The third-order valence-electron chi connectivity index (χ3n) is 5.77. The average molecular weight is 476 g/mol. The fraction of sp³-hybridized carbons (Fsp3) is 0.304. The molecule has 3 N–H and O–H groups in total. The van der Waals surface area contributed by atoms with Gasteiger partial charge in [0.15, 0.2) is 11.5 Å². The zero-order valence-corrected chi connectivity index (χ0v) is 19.5. The van der Waals surface area contributed by atoms with Gasteiger partial charge in [-0.1, -0.05) is 6.92 Å². The van der Waals surface area contributed by atoms with Gasteiger partial charge < -0.3 is 20.7 Å². The van der Waals surface area contributed by atoms with Crippen molar-refractivity contribution >= 4 is 28.9 Å². The molecule has 12 heteroatoms. The summed E-state index contributed by atoms with van der Waals surface area (Å²) in [6.07, 6.45) is 4.06. The van der Waals surface area contributed by atoms with E-state index < -0.39 is 0 Å². The van der Waals surface area contributed by atoms with Gasteiger partial charge in [-0.3, -0.25) is 14.2 Å². The topological polar surface area (TPSA) is 140 Å². The van der Waals surface area contributed by atoms with E-state index >= 15 is 0 Å². The van der Waals surface area contributed by atoms with Crippen molar-refractivity contribution in [2.45, 2.75) is 26.3 Å². The summed E-state index contributed by atoms with van der Waals surface area (Å²) < 4.78 is 8.24. The molecule has 0 aromatic carbocycles. The number of hydrogen-bond acceptors (Lipinski definition) is 9. The van der Waals surface area contributed by atoms with Gasteiger partial charge in [-0.25, -0.2) is 4.98 Å². The first-order valence-corrected chi connectivity index (χ1v) is 11.3. The van der Waals surface area contributed by atoms with E-state index in [4.69, 9.17) is 4.74 Å². The quantitative estimate of drug-likeness (QED) is 0.349. The van der Waals surface area contributed by atoms with Crippen molar-refractivity contribution in [2.24, 2.45) is 5.92 Å². The van der Waals surface area contributed by atoms with Gasteiger partial charge in [0.25, 0.3) is 11.5 Å². The van der Waals surface area contributed by atoms with E-state index in [1.165, 1.54) is 10.8 Å². The number of pyridine rings is 1. The summed E-state index contributed by atoms with van der Waals surface area (Å²) in [7, 11) is 1.74. The lowest BCUT2D eigenvalue weighted by Crippen LogP contribution is -2.26. The third-order valence-corrected chi connectivity index (χ3v) is 5.77. The summed E-state index contributed by atoms with van der Waals surface area (Å²) in [5.41, 5.74) is 0.672. The van der Waals surface area contributed by atoms with Crippen molar-refractivity contribution in [3.05, 3.63) is 58.6 Å². The molecule has 4 aromatic heterocycles. The van der Waals surface area contributed by atoms with Crippen LogP contribution in [-0.2, 0) is 0 Å². The second-order valence-corrected chi connectivity index (χ2v) is 8.25. The predicted octanol–water partition coefficient (Wildman–Crippen LogP) is 1.99. The highest BCUT2D eigenvalue weighted by molar-refractivity contribution is 6.00. The molecule has 35 heavy (non-hydrogen) atoms. The van der Waals surface area contributed by atoms with Crippen LogP contribution in [0.25, 0.3) is 11.5 Å². The first-order chi connectivity index (χ1) is 17.0. The molecule has 12 nitrogen and oxygen atoms in total. The molecule has 1 saturated carbocycles. The average Bonchev–Trinajstić information content (AvgIpc) is 3.37. The summed E-state index contributed by atoms with van der Waals surface area (Å²) in [4.78, 5) is 30.5. The zero-order valence-electron chi connectivity index (χ0n) is 19.5. The van der Waals surface area contributed by atoms with Crippen molar-refractivity contribution in [3.8, 4) is 11.7 Å². The second kappa shape index (κ2) is 9.05. The third kappa shape index (κ3) is 4.37. The second-order valence-electron chi connectivity index (χ2n) is 8.25. The molecule has 1 amide bonds. The molecule has 0 unspecified atom stereocenters. The van der Waals surface area contributed by atoms with E-state index in [-0.39, 0.29) is 23.2 Å². The lowest BCUT2D eigenvalue weighted by Gasteiger charge is -2.11. The Morgan fingerprint density at radius 1 is 1.26 bits per heavy atom. The number of carbonyl (C=O) groups excluding carboxylic acids is 1. The molecule has 4 aromatic rings. The van der Waals surface area contributed by atoms with Gasteiger partial charge >= 0.3 is 0 Å². The SMILES string of the molecule is CCOc1ccc(-n2cccc(Nc3cc(NC)n4ncc(C(=O)N[C@@H]5C[C@@H]5C)c4n3)c2=O)nn1. The Kier molecular flexibility index (Phi) is 5.77. The van der Waals surface area contributed by atoms with E-state index in [9.17, 15) is 9.59 Å². The summed E-state index contributed by atoms with van der Waals surface area (Å²) in [6, 6.07) is 8.55. The molecule has 1 aliphatic rings. The number of amides is 1. The maximum Gasteiger partial charge on any atom is 0.280 e. The largest absolute Gasteiger partial charge is 0.477 e. The van der Waals surface area contributed by atoms with Gasteiger partial charge in [0.1, 0.15) is 22.9 Å². The number of rotatable bonds is 8. The van der Waals surface area contributed by atoms with Crippen LogP contribution in [0, 0.1) is 5.92 Å². The lowest BCUT2D eigenvalue weighted by atomic mass is 10.3. The highest BCUT2D eigenvalue weighted by Gasteiger charge is 2.34. The number of aromatic nitrogens is 6. The van der Waals surface area contributed by atoms with Gasteiger partial charge in [-0.05, 0) is 37.5 Å². The molecule has 1 aliphatic carbocycles. The van der Waals surface area contributed by atoms with E-state index in [1.807, 2.05) is 6.92 Å². The first-order valence-electron chi connectivity index (χ1n) is 11.3. The van der Waals surface area contributed by atoms with E-state index in [0.29, 0.717) is 47.1 Å². The number of nitrogens with one attached hydrogen (secondary N) is 3. The van der Waals surface area contributed by atoms with Crippen LogP contribution in [0.4, 0.5) is 17.3 Å². The van der Waals surface area contributed by atoms with Crippen LogP contribution in [0.2, 0.25) is 0 Å². The summed E-state index contributed by atoms with van der Waals surface area (Å²) in [5.74, 6) is 1.96. The fourth-order valence-corrected chi connectivity index (χ4v) is 3.71. The van der Waals surface area contributed by atoms with Gasteiger partial charge in [0, 0.05) is 31.4 Å². The fourth-order valence-electron chi connectivity index (χ4n) is 3.71. The highest BCUT2D eigenvalue weighted by Crippen LogP contribution is 2.29. The van der Waals surface area contributed by atoms with Crippen molar-refractivity contribution in [1.82, 2.24) is 34.7 Å². The maximum atomic E-state index is 13.2. The molecule has 0 radical (unpaired) electrons. The molecule has 4 heterocycles. The summed E-state index contributed by atoms with van der Waals surface area (Å²) >= 11 is 0. The van der Waals surface area contributed by atoms with Crippen LogP contribution >= 0.6 is 0 Å². The molecule has 0 bridgehead atoms. The molecule has 2 atom stereocenters. The van der Waals surface area contributed by atoms with Crippen molar-refractivity contribution < 1.29 is 9.53 Å². The Bertz CT molecular complexity index is 1450. The van der Waals surface area contributed by atoms with Gasteiger partial charge in [0.05, 0.1) is 12.8 Å². The van der Waals surface area contributed by atoms with Crippen molar-refractivity contribution in [3.63, 3.8) is 0 Å². The number of ether oxygens (including phenoxy) is 1. The molecule has 0 spiro atoms. The number of nitrogens with zero attached hydrogens (tertiary/aromatic N) is 6. The molecule has 5 rings (SSSR count). The van der Waals surface area contributed by atoms with Crippen LogP contribution in [0.1, 0.15) is 30.6 Å². The lowest BCUT2D eigenvalue weighted by molar-refractivity contribution is 0.0951. The molecular formula is C23H25N9O3. The van der Waals surface area contributed by atoms with Gasteiger partial charge in [-0.15, -0.1) is 10.2 Å². The minimum atomic E-state index is -0.340. The number of anilines is 3. The molecule has 0 aliphatic heterocycles. The van der Waals surface area contributed by atoms with Crippen molar-refractivity contribution in [1.29, 1.82) is 0 Å². The van der Waals surface area contributed by atoms with Crippen molar-refractivity contribution in [2.75, 3.05) is 24.3 Å². The van der Waals surface area contributed by atoms with Crippen LogP contribution in [0.5, 0.6) is 5.88 Å². The van der Waals surface area contributed by atoms with Gasteiger partial charge in [-0.2, -0.15) is 9.61 Å². The number of fused-ring (bicyclic) bond motifs is 1. The van der Waals surface area contributed by atoms with E-state index in [0.717, 1.165) is 6.42 Å². The molecular weight excluding hydrogens is 450 g/mol. The summed E-state index contributed by atoms with van der Waals surface area (Å²) in [5, 5.41) is 21.5. The van der Waals surface area contributed by atoms with E-state index in [2.05, 4.69) is 43.2 Å². The Morgan fingerprint density at radius 3 is 2.77 bits per heavy atom. The predicted molar refractivity (Wildman–Crippen MR) is 130 cm³/mol. The van der Waals surface area contributed by atoms with Crippen LogP contribution in [-0.4, -0.2) is 55.0 Å². The highest BCUT2D eigenvalue weighted by atomic mass is 16.5. The maximum absolute atomic E-state index is 13.2. The molecule has 1 fully saturated rings. The number of hydrogen-bond donors (Lipinski definition) is 3. The Balaban J connectivity index is 1.47. The zero-order chi connectivity index (χ0) is 24.5. The molecule has 180 valence electrons. The van der Waals surface area contributed by atoms with Crippen LogP contribution < -0.4 is 26.2 Å². The standard InChI is InChI=1S/C23H25N9O3/c1-4-35-20-8-7-18(29-30-20)31-9-5-6-15(23(31)34)26-17-11-19(24-3)32-21(28-17)14(12-25-32)22(33)27-16-10-13(16)2/h5-9,11-13,16,24H,4,10H2,1-3H3,(H,26,28)(H,27,33)/t13-,16+/m0/s1. The number of carbonyl (C=O) groups is 1. The minimum Gasteiger partial charge on any atom is -0.477 e. The Hall–Kier alpha value is -4.48. The smallest absolute Gasteiger partial charge is 0.280 e. The molecule has 0 saturated heterocycles. The monoisotopic (exact) mass is 475 g/mol. The van der Waals surface area contributed by atoms with E-state index in [1.54, 1.807) is 48.1 Å². The van der Waals surface area contributed by atoms with Gasteiger partial charge in [0.2, 0.25) is 5.88 Å². The normalized spacial score (nSPS) is 16.7. The first kappa shape index (κ1) is 22.3. The summed E-state index contributed by atoms with van der Waals surface area (Å²) in [6.45, 7) is 4.42. The Morgan fingerprint density at radius 2 is 2.09 bits per heavy atom. The minimum absolute atomic E-state index is 0.177. The van der Waals surface area contributed by atoms with Crippen LogP contribution in [0.15, 0.2) is 47.5 Å². The van der Waals surface area contributed by atoms with Crippen LogP contribution in [0.3, 0.4) is 0 Å². The Labute approximate surface area is 200 Å².